The van der Waals surface area contributed by atoms with Gasteiger partial charge in [0, 0.05) is 32.9 Å². The van der Waals surface area contributed by atoms with Crippen molar-refractivity contribution in [2.45, 2.75) is 20.0 Å². The first-order valence-corrected chi connectivity index (χ1v) is 5.59. The second kappa shape index (κ2) is 5.87. The fraction of sp³-hybridized carbons (Fsp3) is 0.538. The molecule has 0 saturated heterocycles. The minimum Gasteiger partial charge on any atom is -0.378 e. The summed E-state index contributed by atoms with van der Waals surface area (Å²) in [6, 6.07) is 6.53. The van der Waals surface area contributed by atoms with E-state index >= 15 is 0 Å². The molecule has 1 unspecified atom stereocenters. The number of anilines is 1. The molecule has 0 fully saturated rings. The van der Waals surface area contributed by atoms with Crippen LogP contribution in [0.25, 0.3) is 0 Å². The number of aryl methyl sites for hydroxylation is 2. The second-order valence-corrected chi connectivity index (χ2v) is 4.32. The Bertz CT molecular complexity index is 314. The van der Waals surface area contributed by atoms with Gasteiger partial charge in [0.2, 0.25) is 0 Å². The molecule has 0 aliphatic heterocycles. The van der Waals surface area contributed by atoms with Gasteiger partial charge in [-0.1, -0.05) is 6.07 Å². The third-order valence-corrected chi connectivity index (χ3v) is 2.72. The molecule has 0 radical (unpaired) electrons. The van der Waals surface area contributed by atoms with E-state index in [2.05, 4.69) is 44.0 Å². The summed E-state index contributed by atoms with van der Waals surface area (Å²) in [6.07, 6.45) is 0.0887. The van der Waals surface area contributed by atoms with Gasteiger partial charge in [-0.2, -0.15) is 0 Å². The average molecular weight is 222 g/mol. The summed E-state index contributed by atoms with van der Waals surface area (Å²) < 4.78 is 5.29. The number of likely N-dealkylation sites (N-methyl/N-ethyl adjacent to an activating group) is 1. The fourth-order valence-electron chi connectivity index (χ4n) is 1.83. The van der Waals surface area contributed by atoms with Gasteiger partial charge in [-0.05, 0) is 37.1 Å². The molecule has 1 aromatic rings. The van der Waals surface area contributed by atoms with Crippen LogP contribution in [-0.2, 0) is 4.74 Å². The van der Waals surface area contributed by atoms with Crippen molar-refractivity contribution in [3.05, 3.63) is 29.3 Å². The first-order valence-electron chi connectivity index (χ1n) is 5.59. The van der Waals surface area contributed by atoms with E-state index in [1.165, 1.54) is 16.8 Å². The zero-order chi connectivity index (χ0) is 12.1. The molecule has 0 spiro atoms. The van der Waals surface area contributed by atoms with Crippen molar-refractivity contribution >= 4 is 5.69 Å². The largest absolute Gasteiger partial charge is 0.378 e. The van der Waals surface area contributed by atoms with Crippen LogP contribution >= 0.6 is 0 Å². The molecule has 1 aromatic carbocycles. The van der Waals surface area contributed by atoms with Crippen molar-refractivity contribution in [2.75, 3.05) is 32.1 Å². The van der Waals surface area contributed by atoms with Crippen LogP contribution in [0.5, 0.6) is 0 Å². The lowest BCUT2D eigenvalue weighted by Gasteiger charge is -2.24. The van der Waals surface area contributed by atoms with Crippen LogP contribution in [0.15, 0.2) is 18.2 Å². The Morgan fingerprint density at radius 3 is 2.25 bits per heavy atom. The normalized spacial score (nSPS) is 12.6. The summed E-state index contributed by atoms with van der Waals surface area (Å²) in [7, 11) is 3.77. The highest BCUT2D eigenvalue weighted by Crippen LogP contribution is 2.17. The van der Waals surface area contributed by atoms with Crippen molar-refractivity contribution in [3.8, 4) is 0 Å². The molecule has 16 heavy (non-hydrogen) atoms. The Balaban J connectivity index is 2.75. The molecule has 0 aromatic heterocycles. The maximum absolute atomic E-state index is 5.62. The molecule has 2 N–H and O–H groups in total. The number of methoxy groups -OCH3 is 1. The minimum atomic E-state index is 0.0887. The maximum Gasteiger partial charge on any atom is 0.0867 e. The smallest absolute Gasteiger partial charge is 0.0867 e. The summed E-state index contributed by atoms with van der Waals surface area (Å²) in [5, 5.41) is 0. The molecule has 90 valence electrons. The number of rotatable bonds is 5. The van der Waals surface area contributed by atoms with Gasteiger partial charge in [-0.15, -0.1) is 0 Å². The molecule has 1 rings (SSSR count). The molecule has 3 nitrogen and oxygen atoms in total. The third kappa shape index (κ3) is 3.51. The van der Waals surface area contributed by atoms with Crippen molar-refractivity contribution in [3.63, 3.8) is 0 Å². The number of benzene rings is 1. The molecule has 1 atom stereocenters. The van der Waals surface area contributed by atoms with Gasteiger partial charge >= 0.3 is 0 Å². The summed E-state index contributed by atoms with van der Waals surface area (Å²) in [6.45, 7) is 5.59. The SMILES string of the molecule is COC(CN)CN(C)c1cc(C)cc(C)c1. The Morgan fingerprint density at radius 1 is 1.25 bits per heavy atom. The number of hydrogen-bond acceptors (Lipinski definition) is 3. The van der Waals surface area contributed by atoms with Crippen LogP contribution in [-0.4, -0.2) is 33.4 Å². The molecular weight excluding hydrogens is 200 g/mol. The molecule has 0 bridgehead atoms. The molecule has 0 aliphatic rings. The van der Waals surface area contributed by atoms with E-state index in [9.17, 15) is 0 Å². The third-order valence-electron chi connectivity index (χ3n) is 2.72. The van der Waals surface area contributed by atoms with Crippen LogP contribution in [0, 0.1) is 13.8 Å². The maximum atomic E-state index is 5.62. The van der Waals surface area contributed by atoms with E-state index < -0.39 is 0 Å². The highest BCUT2D eigenvalue weighted by Gasteiger charge is 2.09. The first kappa shape index (κ1) is 13.0. The van der Waals surface area contributed by atoms with Crippen molar-refractivity contribution in [1.82, 2.24) is 0 Å². The summed E-state index contributed by atoms with van der Waals surface area (Å²) in [5.74, 6) is 0. The molecule has 0 aliphatic carbocycles. The lowest BCUT2D eigenvalue weighted by molar-refractivity contribution is 0.115. The van der Waals surface area contributed by atoms with E-state index in [0.29, 0.717) is 6.54 Å². The summed E-state index contributed by atoms with van der Waals surface area (Å²) >= 11 is 0. The predicted molar refractivity (Wildman–Crippen MR) is 69.0 cm³/mol. The molecule has 3 heteroatoms. The van der Waals surface area contributed by atoms with Crippen LogP contribution in [0.1, 0.15) is 11.1 Å². The second-order valence-electron chi connectivity index (χ2n) is 4.32. The molecule has 0 amide bonds. The standard InChI is InChI=1S/C13H22N2O/c1-10-5-11(2)7-12(6-10)15(3)9-13(8-14)16-4/h5-7,13H,8-9,14H2,1-4H3. The average Bonchev–Trinajstić information content (AvgIpc) is 2.24. The van der Waals surface area contributed by atoms with Crippen LogP contribution in [0.4, 0.5) is 5.69 Å². The van der Waals surface area contributed by atoms with Crippen molar-refractivity contribution in [1.29, 1.82) is 0 Å². The zero-order valence-corrected chi connectivity index (χ0v) is 10.7. The number of nitrogens with zero attached hydrogens (tertiary/aromatic N) is 1. The first-order chi connectivity index (χ1) is 7.56. The topological polar surface area (TPSA) is 38.5 Å². The number of ether oxygens (including phenoxy) is 1. The van der Waals surface area contributed by atoms with Crippen LogP contribution in [0.3, 0.4) is 0 Å². The van der Waals surface area contributed by atoms with E-state index in [4.69, 9.17) is 10.5 Å². The Morgan fingerprint density at radius 2 is 1.81 bits per heavy atom. The Hall–Kier alpha value is -1.06. The van der Waals surface area contributed by atoms with Gasteiger partial charge in [-0.3, -0.25) is 0 Å². The Labute approximate surface area is 98.2 Å². The van der Waals surface area contributed by atoms with E-state index in [0.717, 1.165) is 6.54 Å². The van der Waals surface area contributed by atoms with Crippen molar-refractivity contribution < 1.29 is 4.74 Å². The van der Waals surface area contributed by atoms with Gasteiger partial charge in [0.15, 0.2) is 0 Å². The van der Waals surface area contributed by atoms with E-state index in [-0.39, 0.29) is 6.10 Å². The summed E-state index contributed by atoms with van der Waals surface area (Å²) in [4.78, 5) is 2.18. The number of hydrogen-bond donors (Lipinski definition) is 1. The van der Waals surface area contributed by atoms with Crippen LogP contribution < -0.4 is 10.6 Å². The highest BCUT2D eigenvalue weighted by molar-refractivity contribution is 5.50. The van der Waals surface area contributed by atoms with Crippen LogP contribution in [0.2, 0.25) is 0 Å². The minimum absolute atomic E-state index is 0.0887. The molecular formula is C13H22N2O. The fourth-order valence-corrected chi connectivity index (χ4v) is 1.83. The van der Waals surface area contributed by atoms with E-state index in [1.54, 1.807) is 7.11 Å². The predicted octanol–water partition coefficient (Wildman–Crippen LogP) is 1.71. The monoisotopic (exact) mass is 222 g/mol. The number of nitrogens with two attached hydrogens (primary N) is 1. The Kier molecular flexibility index (Phi) is 4.77. The van der Waals surface area contributed by atoms with E-state index in [1.807, 2.05) is 0 Å². The molecule has 0 heterocycles. The lowest BCUT2D eigenvalue weighted by Crippen LogP contribution is -2.35. The lowest BCUT2D eigenvalue weighted by atomic mass is 10.1. The van der Waals surface area contributed by atoms with Gasteiger partial charge in [-0.25, -0.2) is 0 Å². The van der Waals surface area contributed by atoms with Crippen molar-refractivity contribution in [2.24, 2.45) is 5.73 Å². The van der Waals surface area contributed by atoms with Gasteiger partial charge < -0.3 is 15.4 Å². The quantitative estimate of drug-likeness (QED) is 0.824. The van der Waals surface area contributed by atoms with Gasteiger partial charge in [0.25, 0.3) is 0 Å². The highest BCUT2D eigenvalue weighted by atomic mass is 16.5. The zero-order valence-electron chi connectivity index (χ0n) is 10.7. The molecule has 0 saturated carbocycles. The van der Waals surface area contributed by atoms with Gasteiger partial charge in [0.1, 0.15) is 0 Å². The van der Waals surface area contributed by atoms with Gasteiger partial charge in [0.05, 0.1) is 6.10 Å². The summed E-state index contributed by atoms with van der Waals surface area (Å²) in [5.41, 5.74) is 9.40.